The first-order valence-electron chi connectivity index (χ1n) is 9.66. The molecule has 0 spiro atoms. The quantitative estimate of drug-likeness (QED) is 0.866. The molecule has 3 heteroatoms. The van der Waals surface area contributed by atoms with Gasteiger partial charge in [0, 0.05) is 49.2 Å². The zero-order chi connectivity index (χ0) is 17.0. The van der Waals surface area contributed by atoms with E-state index in [1.54, 1.807) is 16.8 Å². The van der Waals surface area contributed by atoms with Gasteiger partial charge in [-0.3, -0.25) is 0 Å². The molecule has 3 heterocycles. The maximum absolute atomic E-state index is 3.72. The Morgan fingerprint density at radius 3 is 2.96 bits per heavy atom. The van der Waals surface area contributed by atoms with Gasteiger partial charge in [0.1, 0.15) is 0 Å². The molecule has 0 radical (unpaired) electrons. The summed E-state index contributed by atoms with van der Waals surface area (Å²) in [5.74, 6) is 1.46. The van der Waals surface area contributed by atoms with E-state index in [2.05, 4.69) is 59.7 Å². The molecular formula is C22H27N3. The van der Waals surface area contributed by atoms with Crippen LogP contribution in [0.4, 0.5) is 17.1 Å². The van der Waals surface area contributed by atoms with Crippen molar-refractivity contribution in [3.8, 4) is 0 Å². The summed E-state index contributed by atoms with van der Waals surface area (Å²) in [4.78, 5) is 2.66. The van der Waals surface area contributed by atoms with Crippen molar-refractivity contribution in [2.45, 2.75) is 32.6 Å². The molecule has 0 bridgehead atoms. The summed E-state index contributed by atoms with van der Waals surface area (Å²) in [6.07, 6.45) is 2.50. The molecule has 3 nitrogen and oxygen atoms in total. The van der Waals surface area contributed by atoms with E-state index in [-0.39, 0.29) is 0 Å². The van der Waals surface area contributed by atoms with E-state index in [9.17, 15) is 0 Å². The number of hydrogen-bond donors (Lipinski definition) is 2. The highest BCUT2D eigenvalue weighted by Crippen LogP contribution is 2.46. The second-order valence-corrected chi connectivity index (χ2v) is 8.09. The van der Waals surface area contributed by atoms with Gasteiger partial charge in [0.25, 0.3) is 0 Å². The van der Waals surface area contributed by atoms with Gasteiger partial charge in [0.15, 0.2) is 0 Å². The summed E-state index contributed by atoms with van der Waals surface area (Å²) in [5.41, 5.74) is 9.78. The van der Waals surface area contributed by atoms with Gasteiger partial charge in [0.2, 0.25) is 0 Å². The minimum Gasteiger partial charge on any atom is -0.371 e. The summed E-state index contributed by atoms with van der Waals surface area (Å²) in [6.45, 7) is 9.12. The Morgan fingerprint density at radius 1 is 1.12 bits per heavy atom. The standard InChI is InChI=1S/C22H27N3/c1-14-5-6-15(2)21(8-14)24-18-9-16-4-3-7-25-13-17-11-23-12-20(17)19(10-18)22(16)25/h5-6,8-10,17,20,23-24H,3-4,7,11-13H2,1-2H3. The zero-order valence-electron chi connectivity index (χ0n) is 15.2. The molecule has 0 aromatic heterocycles. The molecule has 3 aliphatic heterocycles. The summed E-state index contributed by atoms with van der Waals surface area (Å²) in [7, 11) is 0. The molecule has 2 aromatic rings. The van der Waals surface area contributed by atoms with E-state index in [0.717, 1.165) is 12.5 Å². The van der Waals surface area contributed by atoms with Crippen molar-refractivity contribution in [3.63, 3.8) is 0 Å². The lowest BCUT2D eigenvalue weighted by molar-refractivity contribution is 0.470. The number of fused-ring (bicyclic) bond motifs is 2. The van der Waals surface area contributed by atoms with E-state index in [1.165, 1.54) is 55.0 Å². The van der Waals surface area contributed by atoms with Gasteiger partial charge < -0.3 is 15.5 Å². The average Bonchev–Trinajstić information content (AvgIpc) is 3.07. The summed E-state index contributed by atoms with van der Waals surface area (Å²) < 4.78 is 0. The van der Waals surface area contributed by atoms with Crippen molar-refractivity contribution >= 4 is 17.1 Å². The first kappa shape index (κ1) is 15.3. The van der Waals surface area contributed by atoms with Gasteiger partial charge >= 0.3 is 0 Å². The molecule has 2 N–H and O–H groups in total. The van der Waals surface area contributed by atoms with Gasteiger partial charge in [-0.25, -0.2) is 0 Å². The number of nitrogens with one attached hydrogen (secondary N) is 2. The van der Waals surface area contributed by atoms with Gasteiger partial charge in [-0.2, -0.15) is 0 Å². The lowest BCUT2D eigenvalue weighted by Gasteiger charge is -2.42. The van der Waals surface area contributed by atoms with Crippen molar-refractivity contribution in [1.29, 1.82) is 0 Å². The van der Waals surface area contributed by atoms with Crippen LogP contribution in [0.25, 0.3) is 0 Å². The van der Waals surface area contributed by atoms with Gasteiger partial charge in [-0.15, -0.1) is 0 Å². The van der Waals surface area contributed by atoms with Gasteiger partial charge in [-0.1, -0.05) is 12.1 Å². The normalized spacial score (nSPS) is 24.0. The van der Waals surface area contributed by atoms with Crippen molar-refractivity contribution < 1.29 is 0 Å². The van der Waals surface area contributed by atoms with E-state index in [4.69, 9.17) is 0 Å². The van der Waals surface area contributed by atoms with Crippen LogP contribution in [0.2, 0.25) is 0 Å². The second-order valence-electron chi connectivity index (χ2n) is 8.09. The lowest BCUT2D eigenvalue weighted by atomic mass is 9.80. The molecule has 0 aliphatic carbocycles. The highest BCUT2D eigenvalue weighted by Gasteiger charge is 2.38. The zero-order valence-corrected chi connectivity index (χ0v) is 15.2. The van der Waals surface area contributed by atoms with E-state index >= 15 is 0 Å². The van der Waals surface area contributed by atoms with Crippen LogP contribution in [0.3, 0.4) is 0 Å². The van der Waals surface area contributed by atoms with E-state index in [1.807, 2.05) is 0 Å². The van der Waals surface area contributed by atoms with Gasteiger partial charge in [0.05, 0.1) is 0 Å². The van der Waals surface area contributed by atoms with E-state index < -0.39 is 0 Å². The van der Waals surface area contributed by atoms with Crippen LogP contribution in [0, 0.1) is 19.8 Å². The van der Waals surface area contributed by atoms with Crippen LogP contribution >= 0.6 is 0 Å². The first-order valence-corrected chi connectivity index (χ1v) is 9.66. The Kier molecular flexibility index (Phi) is 3.53. The largest absolute Gasteiger partial charge is 0.371 e. The predicted molar refractivity (Wildman–Crippen MR) is 105 cm³/mol. The average molecular weight is 333 g/mol. The maximum Gasteiger partial charge on any atom is 0.0436 e. The molecule has 1 saturated heterocycles. The van der Waals surface area contributed by atoms with Crippen LogP contribution in [-0.4, -0.2) is 26.2 Å². The Balaban J connectivity index is 1.58. The van der Waals surface area contributed by atoms with Crippen LogP contribution in [-0.2, 0) is 6.42 Å². The lowest BCUT2D eigenvalue weighted by Crippen LogP contribution is -2.41. The fourth-order valence-electron chi connectivity index (χ4n) is 5.00. The minimum atomic E-state index is 0.684. The van der Waals surface area contributed by atoms with Crippen molar-refractivity contribution in [3.05, 3.63) is 52.6 Å². The smallest absolute Gasteiger partial charge is 0.0436 e. The highest BCUT2D eigenvalue weighted by atomic mass is 15.2. The first-order chi connectivity index (χ1) is 12.2. The maximum atomic E-state index is 3.72. The van der Waals surface area contributed by atoms with Crippen molar-refractivity contribution in [1.82, 2.24) is 5.32 Å². The number of aryl methyl sites for hydroxylation is 3. The second kappa shape index (κ2) is 5.77. The summed E-state index contributed by atoms with van der Waals surface area (Å²) >= 11 is 0. The SMILES string of the molecule is Cc1ccc(C)c(Nc2cc3c4c(c2)C2CNCC2CN4CCC3)c1. The molecule has 2 unspecified atom stereocenters. The molecular weight excluding hydrogens is 306 g/mol. The molecule has 2 atom stereocenters. The topological polar surface area (TPSA) is 27.3 Å². The van der Waals surface area contributed by atoms with Crippen LogP contribution < -0.4 is 15.5 Å². The highest BCUT2D eigenvalue weighted by molar-refractivity contribution is 5.73. The molecule has 25 heavy (non-hydrogen) atoms. The predicted octanol–water partition coefficient (Wildman–Crippen LogP) is 4.12. The number of anilines is 3. The number of rotatable bonds is 2. The third-order valence-electron chi connectivity index (χ3n) is 6.27. The molecule has 5 rings (SSSR count). The summed E-state index contributed by atoms with van der Waals surface area (Å²) in [6, 6.07) is 11.5. The van der Waals surface area contributed by atoms with Gasteiger partial charge in [-0.05, 0) is 73.1 Å². The van der Waals surface area contributed by atoms with Crippen molar-refractivity contribution in [2.75, 3.05) is 36.4 Å². The Morgan fingerprint density at radius 2 is 2.04 bits per heavy atom. The van der Waals surface area contributed by atoms with Crippen LogP contribution in [0.5, 0.6) is 0 Å². The van der Waals surface area contributed by atoms with Crippen molar-refractivity contribution in [2.24, 2.45) is 5.92 Å². The monoisotopic (exact) mass is 333 g/mol. The minimum absolute atomic E-state index is 0.684. The number of hydrogen-bond acceptors (Lipinski definition) is 3. The fraction of sp³-hybridized carbons (Fsp3) is 0.455. The molecule has 130 valence electrons. The molecule has 0 amide bonds. The van der Waals surface area contributed by atoms with E-state index in [0.29, 0.717) is 5.92 Å². The Labute approximate surface area is 150 Å². The molecule has 1 fully saturated rings. The summed E-state index contributed by atoms with van der Waals surface area (Å²) in [5, 5.41) is 7.35. The third-order valence-corrected chi connectivity index (χ3v) is 6.27. The Bertz CT molecular complexity index is 826. The molecule has 0 saturated carbocycles. The van der Waals surface area contributed by atoms with Crippen LogP contribution in [0.15, 0.2) is 30.3 Å². The Hall–Kier alpha value is -2.00. The molecule has 2 aromatic carbocycles. The van der Waals surface area contributed by atoms with Crippen LogP contribution in [0.1, 0.15) is 34.6 Å². The third kappa shape index (κ3) is 2.53. The number of benzene rings is 2. The number of nitrogens with zero attached hydrogens (tertiary/aromatic N) is 1. The fourth-order valence-corrected chi connectivity index (χ4v) is 5.00. The molecule has 3 aliphatic rings.